The van der Waals surface area contributed by atoms with Crippen molar-refractivity contribution in [3.8, 4) is 11.3 Å². The van der Waals surface area contributed by atoms with Gasteiger partial charge in [0.2, 0.25) is 0 Å². The van der Waals surface area contributed by atoms with Crippen molar-refractivity contribution in [2.24, 2.45) is 5.92 Å². The summed E-state index contributed by atoms with van der Waals surface area (Å²) in [5.74, 6) is 0.615. The Labute approximate surface area is 124 Å². The van der Waals surface area contributed by atoms with Crippen LogP contribution in [0, 0.1) is 5.92 Å². The lowest BCUT2D eigenvalue weighted by Gasteiger charge is -2.20. The average Bonchev–Trinajstić information content (AvgIpc) is 3.17. The fraction of sp³-hybridized carbons (Fsp3) is 0.438. The molecule has 2 aromatic rings. The Morgan fingerprint density at radius 3 is 2.95 bits per heavy atom. The minimum atomic E-state index is 0.465. The number of aromatic nitrogens is 1. The summed E-state index contributed by atoms with van der Waals surface area (Å²) in [6.07, 6.45) is 2.14. The lowest BCUT2D eigenvalue weighted by molar-refractivity contribution is 0.177. The largest absolute Gasteiger partial charge is 0.381 e. The molecule has 2 atom stereocenters. The van der Waals surface area contributed by atoms with Crippen LogP contribution in [0.3, 0.4) is 0 Å². The van der Waals surface area contributed by atoms with E-state index in [1.165, 1.54) is 10.6 Å². The number of hydrogen-bond acceptors (Lipinski definition) is 4. The molecule has 1 aliphatic heterocycles. The Balaban J connectivity index is 1.70. The molecule has 3 rings (SSSR count). The van der Waals surface area contributed by atoms with E-state index in [0.29, 0.717) is 12.0 Å². The molecule has 0 radical (unpaired) electrons. The predicted octanol–water partition coefficient (Wildman–Crippen LogP) is 2.98. The zero-order chi connectivity index (χ0) is 13.8. The van der Waals surface area contributed by atoms with Crippen LogP contribution in [-0.4, -0.2) is 31.3 Å². The Bertz CT molecular complexity index is 534. The third-order valence-electron chi connectivity index (χ3n) is 3.92. The van der Waals surface area contributed by atoms with Crippen molar-refractivity contribution in [1.82, 2.24) is 10.3 Å². The summed E-state index contributed by atoms with van der Waals surface area (Å²) in [5, 5.41) is 6.79. The highest BCUT2D eigenvalue weighted by molar-refractivity contribution is 7.09. The van der Waals surface area contributed by atoms with Crippen LogP contribution in [0.1, 0.15) is 11.4 Å². The normalized spacial score (nSPS) is 20.1. The second-order valence-corrected chi connectivity index (χ2v) is 6.16. The molecule has 1 aromatic heterocycles. The van der Waals surface area contributed by atoms with E-state index < -0.39 is 0 Å². The first kappa shape index (κ1) is 13.7. The van der Waals surface area contributed by atoms with Gasteiger partial charge in [0.05, 0.1) is 17.3 Å². The standard InChI is InChI=1S/C16H20N2OS/c1-17-14(13-7-8-19-10-13)9-16-18-15(11-20-16)12-5-3-2-4-6-12/h2-6,11,13-14,17H,7-10H2,1H3. The van der Waals surface area contributed by atoms with Crippen molar-refractivity contribution in [3.05, 3.63) is 40.7 Å². The number of ether oxygens (including phenoxy) is 1. The van der Waals surface area contributed by atoms with Crippen LogP contribution < -0.4 is 5.32 Å². The molecular formula is C16H20N2OS. The first-order chi connectivity index (χ1) is 9.86. The predicted molar refractivity (Wildman–Crippen MR) is 83.0 cm³/mol. The van der Waals surface area contributed by atoms with Crippen molar-refractivity contribution in [1.29, 1.82) is 0 Å². The second-order valence-electron chi connectivity index (χ2n) is 5.22. The minimum Gasteiger partial charge on any atom is -0.381 e. The van der Waals surface area contributed by atoms with Gasteiger partial charge in [-0.3, -0.25) is 0 Å². The van der Waals surface area contributed by atoms with Gasteiger partial charge < -0.3 is 10.1 Å². The first-order valence-corrected chi connectivity index (χ1v) is 7.99. The summed E-state index contributed by atoms with van der Waals surface area (Å²) >= 11 is 1.75. The maximum atomic E-state index is 5.50. The summed E-state index contributed by atoms with van der Waals surface area (Å²) in [6.45, 7) is 1.78. The van der Waals surface area contributed by atoms with E-state index in [2.05, 4.69) is 35.0 Å². The SMILES string of the molecule is CNC(Cc1nc(-c2ccccc2)cs1)C1CCOC1. The average molecular weight is 288 g/mol. The Morgan fingerprint density at radius 2 is 2.25 bits per heavy atom. The number of nitrogens with one attached hydrogen (secondary N) is 1. The lowest BCUT2D eigenvalue weighted by atomic mass is 9.97. The third-order valence-corrected chi connectivity index (χ3v) is 4.79. The van der Waals surface area contributed by atoms with Crippen molar-refractivity contribution in [2.75, 3.05) is 20.3 Å². The van der Waals surface area contributed by atoms with Crippen LogP contribution in [0.5, 0.6) is 0 Å². The van der Waals surface area contributed by atoms with E-state index >= 15 is 0 Å². The minimum absolute atomic E-state index is 0.465. The van der Waals surface area contributed by atoms with Gasteiger partial charge >= 0.3 is 0 Å². The van der Waals surface area contributed by atoms with Gasteiger partial charge in [-0.25, -0.2) is 4.98 Å². The molecule has 1 fully saturated rings. The maximum absolute atomic E-state index is 5.50. The fourth-order valence-electron chi connectivity index (χ4n) is 2.71. The first-order valence-electron chi connectivity index (χ1n) is 7.11. The molecule has 2 heterocycles. The maximum Gasteiger partial charge on any atom is 0.0948 e. The Hall–Kier alpha value is -1.23. The van der Waals surface area contributed by atoms with Crippen LogP contribution in [0.25, 0.3) is 11.3 Å². The van der Waals surface area contributed by atoms with Gasteiger partial charge in [0.25, 0.3) is 0 Å². The van der Waals surface area contributed by atoms with Gasteiger partial charge in [0.15, 0.2) is 0 Å². The number of likely N-dealkylation sites (N-methyl/N-ethyl adjacent to an activating group) is 1. The van der Waals surface area contributed by atoms with Crippen molar-refractivity contribution < 1.29 is 4.74 Å². The van der Waals surface area contributed by atoms with Crippen molar-refractivity contribution >= 4 is 11.3 Å². The highest BCUT2D eigenvalue weighted by Gasteiger charge is 2.25. The number of nitrogens with zero attached hydrogens (tertiary/aromatic N) is 1. The molecule has 106 valence electrons. The highest BCUT2D eigenvalue weighted by Crippen LogP contribution is 2.25. The van der Waals surface area contributed by atoms with Gasteiger partial charge in [0.1, 0.15) is 0 Å². The monoisotopic (exact) mass is 288 g/mol. The van der Waals surface area contributed by atoms with Crippen LogP contribution in [0.4, 0.5) is 0 Å². The molecule has 0 bridgehead atoms. The van der Waals surface area contributed by atoms with Crippen LogP contribution in [-0.2, 0) is 11.2 Å². The van der Waals surface area contributed by atoms with E-state index in [1.54, 1.807) is 11.3 Å². The lowest BCUT2D eigenvalue weighted by Crippen LogP contribution is -2.35. The number of benzene rings is 1. The molecule has 1 N–H and O–H groups in total. The fourth-order valence-corrected chi connectivity index (χ4v) is 3.57. The van der Waals surface area contributed by atoms with Crippen molar-refractivity contribution in [2.45, 2.75) is 18.9 Å². The van der Waals surface area contributed by atoms with E-state index in [4.69, 9.17) is 9.72 Å². The zero-order valence-corrected chi connectivity index (χ0v) is 12.5. The topological polar surface area (TPSA) is 34.2 Å². The summed E-state index contributed by atoms with van der Waals surface area (Å²) < 4.78 is 5.50. The summed E-state index contributed by atoms with van der Waals surface area (Å²) in [4.78, 5) is 4.78. The molecule has 0 aliphatic carbocycles. The molecule has 3 nitrogen and oxygen atoms in total. The Kier molecular flexibility index (Phi) is 4.45. The molecule has 0 spiro atoms. The summed E-state index contributed by atoms with van der Waals surface area (Å²) in [5.41, 5.74) is 2.28. The van der Waals surface area contributed by atoms with Crippen LogP contribution in [0.2, 0.25) is 0 Å². The van der Waals surface area contributed by atoms with Gasteiger partial charge in [-0.05, 0) is 13.5 Å². The van der Waals surface area contributed by atoms with Gasteiger partial charge in [0, 0.05) is 35.9 Å². The van der Waals surface area contributed by atoms with E-state index in [-0.39, 0.29) is 0 Å². The van der Waals surface area contributed by atoms with Crippen LogP contribution >= 0.6 is 11.3 Å². The number of rotatable bonds is 5. The highest BCUT2D eigenvalue weighted by atomic mass is 32.1. The molecule has 1 saturated heterocycles. The van der Waals surface area contributed by atoms with E-state index in [0.717, 1.165) is 31.7 Å². The number of hydrogen-bond donors (Lipinski definition) is 1. The molecule has 1 aromatic carbocycles. The summed E-state index contributed by atoms with van der Waals surface area (Å²) in [6, 6.07) is 10.8. The van der Waals surface area contributed by atoms with Gasteiger partial charge in [-0.2, -0.15) is 0 Å². The molecular weight excluding hydrogens is 268 g/mol. The van der Waals surface area contributed by atoms with Crippen LogP contribution in [0.15, 0.2) is 35.7 Å². The van der Waals surface area contributed by atoms with Crippen molar-refractivity contribution in [3.63, 3.8) is 0 Å². The molecule has 4 heteroatoms. The molecule has 2 unspecified atom stereocenters. The molecule has 0 saturated carbocycles. The zero-order valence-electron chi connectivity index (χ0n) is 11.7. The quantitative estimate of drug-likeness (QED) is 0.918. The van der Waals surface area contributed by atoms with E-state index in [9.17, 15) is 0 Å². The van der Waals surface area contributed by atoms with Gasteiger partial charge in [-0.1, -0.05) is 30.3 Å². The van der Waals surface area contributed by atoms with E-state index in [1.807, 2.05) is 13.1 Å². The molecule has 0 amide bonds. The number of thiazole rings is 1. The smallest absolute Gasteiger partial charge is 0.0948 e. The van der Waals surface area contributed by atoms with Gasteiger partial charge in [-0.15, -0.1) is 11.3 Å². The molecule has 1 aliphatic rings. The summed E-state index contributed by atoms with van der Waals surface area (Å²) in [7, 11) is 2.04. The third kappa shape index (κ3) is 3.08. The Morgan fingerprint density at radius 1 is 1.40 bits per heavy atom. The molecule has 20 heavy (non-hydrogen) atoms. The second kappa shape index (κ2) is 6.48.